The van der Waals surface area contributed by atoms with Crippen LogP contribution in [0.2, 0.25) is 5.02 Å². The van der Waals surface area contributed by atoms with Crippen LogP contribution in [0.1, 0.15) is 37.0 Å². The monoisotopic (exact) mass is 240 g/mol. The minimum absolute atomic E-state index is 0.550. The number of rotatable bonds is 6. The Morgan fingerprint density at radius 2 is 2.19 bits per heavy atom. The van der Waals surface area contributed by atoms with Crippen molar-refractivity contribution in [2.24, 2.45) is 5.92 Å². The van der Waals surface area contributed by atoms with Crippen molar-refractivity contribution in [3.05, 3.63) is 28.8 Å². The van der Waals surface area contributed by atoms with Crippen molar-refractivity contribution in [3.8, 4) is 5.75 Å². The van der Waals surface area contributed by atoms with Gasteiger partial charge in [-0.2, -0.15) is 0 Å². The molecule has 0 spiro atoms. The van der Waals surface area contributed by atoms with Gasteiger partial charge in [0.1, 0.15) is 5.75 Å². The van der Waals surface area contributed by atoms with Gasteiger partial charge in [-0.25, -0.2) is 0 Å². The minimum Gasteiger partial charge on any atom is -0.493 e. The van der Waals surface area contributed by atoms with Crippen molar-refractivity contribution >= 4 is 17.9 Å². The summed E-state index contributed by atoms with van der Waals surface area (Å²) < 4.78 is 5.54. The molecule has 88 valence electrons. The van der Waals surface area contributed by atoms with Crippen LogP contribution in [-0.2, 0) is 0 Å². The van der Waals surface area contributed by atoms with Gasteiger partial charge in [0.2, 0.25) is 0 Å². The average Bonchev–Trinajstić information content (AvgIpc) is 2.24. The molecule has 0 unspecified atom stereocenters. The van der Waals surface area contributed by atoms with E-state index in [1.54, 1.807) is 18.2 Å². The summed E-state index contributed by atoms with van der Waals surface area (Å²) in [5.41, 5.74) is 0.550. The second kappa shape index (κ2) is 6.54. The maximum atomic E-state index is 10.8. The summed E-state index contributed by atoms with van der Waals surface area (Å²) >= 11 is 5.84. The van der Waals surface area contributed by atoms with E-state index in [0.717, 1.165) is 19.1 Å². The fraction of sp³-hybridized carbons (Fsp3) is 0.462. The van der Waals surface area contributed by atoms with Gasteiger partial charge in [0.25, 0.3) is 0 Å². The fourth-order valence-corrected chi connectivity index (χ4v) is 1.57. The Bertz CT molecular complexity index is 348. The van der Waals surface area contributed by atoms with Crippen LogP contribution in [0.4, 0.5) is 0 Å². The highest BCUT2D eigenvalue weighted by atomic mass is 35.5. The van der Waals surface area contributed by atoms with Gasteiger partial charge in [-0.3, -0.25) is 4.79 Å². The maximum Gasteiger partial charge on any atom is 0.153 e. The second-order valence-corrected chi connectivity index (χ2v) is 4.62. The molecule has 0 aliphatic carbocycles. The van der Waals surface area contributed by atoms with Gasteiger partial charge in [-0.05, 0) is 37.0 Å². The lowest BCUT2D eigenvalue weighted by molar-refractivity contribution is 0.111. The number of benzene rings is 1. The van der Waals surface area contributed by atoms with Crippen LogP contribution in [0.25, 0.3) is 0 Å². The first kappa shape index (κ1) is 13.0. The molecule has 0 amide bonds. The van der Waals surface area contributed by atoms with E-state index < -0.39 is 0 Å². The van der Waals surface area contributed by atoms with Crippen molar-refractivity contribution in [1.82, 2.24) is 0 Å². The Morgan fingerprint density at radius 3 is 2.81 bits per heavy atom. The largest absolute Gasteiger partial charge is 0.493 e. The lowest BCUT2D eigenvalue weighted by Crippen LogP contribution is -2.01. The van der Waals surface area contributed by atoms with Crippen molar-refractivity contribution in [2.75, 3.05) is 6.61 Å². The zero-order chi connectivity index (χ0) is 12.0. The zero-order valence-corrected chi connectivity index (χ0v) is 10.5. The molecule has 3 heteroatoms. The number of hydrogen-bond donors (Lipinski definition) is 0. The molecule has 0 N–H and O–H groups in total. The number of hydrogen-bond acceptors (Lipinski definition) is 2. The first-order valence-electron chi connectivity index (χ1n) is 5.51. The number of carbonyl (C=O) groups is 1. The summed E-state index contributed by atoms with van der Waals surface area (Å²) in [4.78, 5) is 10.8. The number of carbonyl (C=O) groups excluding carboxylic acids is 1. The molecule has 2 nitrogen and oxygen atoms in total. The molecule has 1 aromatic carbocycles. The third-order valence-corrected chi connectivity index (χ3v) is 2.52. The molecule has 0 bridgehead atoms. The molecule has 0 atom stereocenters. The maximum absolute atomic E-state index is 10.8. The van der Waals surface area contributed by atoms with Gasteiger partial charge in [0, 0.05) is 5.02 Å². The highest BCUT2D eigenvalue weighted by molar-refractivity contribution is 6.30. The normalized spacial score (nSPS) is 10.5. The van der Waals surface area contributed by atoms with Crippen LogP contribution in [0.5, 0.6) is 5.75 Å². The topological polar surface area (TPSA) is 26.3 Å². The summed E-state index contributed by atoms with van der Waals surface area (Å²) in [7, 11) is 0. The van der Waals surface area contributed by atoms with E-state index in [-0.39, 0.29) is 0 Å². The zero-order valence-electron chi connectivity index (χ0n) is 9.70. The molecule has 0 radical (unpaired) electrons. The third kappa shape index (κ3) is 4.23. The van der Waals surface area contributed by atoms with Crippen molar-refractivity contribution in [1.29, 1.82) is 0 Å². The van der Waals surface area contributed by atoms with Gasteiger partial charge in [0.05, 0.1) is 12.2 Å². The van der Waals surface area contributed by atoms with E-state index in [2.05, 4.69) is 13.8 Å². The highest BCUT2D eigenvalue weighted by Gasteiger charge is 2.04. The van der Waals surface area contributed by atoms with Crippen LogP contribution in [0.3, 0.4) is 0 Å². The van der Waals surface area contributed by atoms with E-state index in [9.17, 15) is 4.79 Å². The molecule has 0 fully saturated rings. The van der Waals surface area contributed by atoms with Gasteiger partial charge in [-0.15, -0.1) is 0 Å². The summed E-state index contributed by atoms with van der Waals surface area (Å²) in [6.45, 7) is 4.98. The predicted octanol–water partition coefficient (Wildman–Crippen LogP) is 3.97. The van der Waals surface area contributed by atoms with Crippen LogP contribution in [0.15, 0.2) is 18.2 Å². The van der Waals surface area contributed by atoms with Crippen LogP contribution in [0, 0.1) is 5.92 Å². The molecule has 0 saturated carbocycles. The summed E-state index contributed by atoms with van der Waals surface area (Å²) in [6.07, 6.45) is 2.90. The predicted molar refractivity (Wildman–Crippen MR) is 66.4 cm³/mol. The van der Waals surface area contributed by atoms with E-state index in [0.29, 0.717) is 28.9 Å². The SMILES string of the molecule is CC(C)CCCOc1cc(Cl)ccc1C=O. The number of ether oxygens (including phenoxy) is 1. The second-order valence-electron chi connectivity index (χ2n) is 4.18. The number of halogens is 1. The van der Waals surface area contributed by atoms with Crippen molar-refractivity contribution in [2.45, 2.75) is 26.7 Å². The smallest absolute Gasteiger partial charge is 0.153 e. The van der Waals surface area contributed by atoms with Gasteiger partial charge < -0.3 is 4.74 Å². The minimum atomic E-state index is 0.550. The van der Waals surface area contributed by atoms with Gasteiger partial charge in [-0.1, -0.05) is 25.4 Å². The molecule has 0 aliphatic rings. The van der Waals surface area contributed by atoms with Crippen LogP contribution >= 0.6 is 11.6 Å². The third-order valence-electron chi connectivity index (χ3n) is 2.29. The molecular weight excluding hydrogens is 224 g/mol. The fourth-order valence-electron chi connectivity index (χ4n) is 1.40. The molecule has 0 aromatic heterocycles. The molecule has 0 heterocycles. The molecule has 1 aromatic rings. The lowest BCUT2D eigenvalue weighted by Gasteiger charge is -2.09. The summed E-state index contributed by atoms with van der Waals surface area (Å²) in [5.74, 6) is 1.25. The molecular formula is C13H17ClO2. The number of aldehydes is 1. The van der Waals surface area contributed by atoms with E-state index >= 15 is 0 Å². The first-order chi connectivity index (χ1) is 7.63. The Balaban J connectivity index is 2.52. The van der Waals surface area contributed by atoms with Crippen molar-refractivity contribution in [3.63, 3.8) is 0 Å². The van der Waals surface area contributed by atoms with Crippen LogP contribution in [-0.4, -0.2) is 12.9 Å². The van der Waals surface area contributed by atoms with E-state index in [4.69, 9.17) is 16.3 Å². The quantitative estimate of drug-likeness (QED) is 0.556. The molecule has 0 saturated heterocycles. The molecule has 16 heavy (non-hydrogen) atoms. The standard InChI is InChI=1S/C13H17ClO2/c1-10(2)4-3-7-16-13-8-12(14)6-5-11(13)9-15/h5-6,8-10H,3-4,7H2,1-2H3. The van der Waals surface area contributed by atoms with Crippen molar-refractivity contribution < 1.29 is 9.53 Å². The Kier molecular flexibility index (Phi) is 5.33. The average molecular weight is 241 g/mol. The van der Waals surface area contributed by atoms with Crippen LogP contribution < -0.4 is 4.74 Å². The van der Waals surface area contributed by atoms with E-state index in [1.165, 1.54) is 0 Å². The summed E-state index contributed by atoms with van der Waals surface area (Å²) in [6, 6.07) is 5.04. The highest BCUT2D eigenvalue weighted by Crippen LogP contribution is 2.22. The van der Waals surface area contributed by atoms with Gasteiger partial charge in [0.15, 0.2) is 6.29 Å². The Morgan fingerprint density at radius 1 is 1.44 bits per heavy atom. The van der Waals surface area contributed by atoms with Gasteiger partial charge >= 0.3 is 0 Å². The first-order valence-corrected chi connectivity index (χ1v) is 5.89. The molecule has 0 aliphatic heterocycles. The van der Waals surface area contributed by atoms with E-state index in [1.807, 2.05) is 0 Å². The Hall–Kier alpha value is -1.02. The lowest BCUT2D eigenvalue weighted by atomic mass is 10.1. The molecule has 1 rings (SSSR count). The summed E-state index contributed by atoms with van der Waals surface area (Å²) in [5, 5.41) is 0.587. The Labute approximate surface area is 102 Å².